The molecule has 0 aliphatic carbocycles. The van der Waals surface area contributed by atoms with E-state index >= 15 is 0 Å². The molecular formula is C16H17N3O. The second-order valence-electron chi connectivity index (χ2n) is 4.71. The van der Waals surface area contributed by atoms with Crippen LogP contribution in [0.15, 0.2) is 34.7 Å². The van der Waals surface area contributed by atoms with E-state index in [-0.39, 0.29) is 0 Å². The van der Waals surface area contributed by atoms with E-state index in [9.17, 15) is 0 Å². The maximum absolute atomic E-state index is 5.92. The van der Waals surface area contributed by atoms with E-state index in [0.717, 1.165) is 46.0 Å². The molecule has 20 heavy (non-hydrogen) atoms. The lowest BCUT2D eigenvalue weighted by Gasteiger charge is -2.09. The number of nitrogens with one attached hydrogen (secondary N) is 1. The third-order valence-electron chi connectivity index (χ3n) is 3.40. The second kappa shape index (κ2) is 4.96. The molecule has 3 rings (SSSR count). The molecule has 2 aromatic heterocycles. The van der Waals surface area contributed by atoms with Crippen molar-refractivity contribution in [2.75, 3.05) is 12.4 Å². The molecule has 0 aliphatic rings. The molecule has 0 radical (unpaired) electrons. The number of hydrogen-bond acceptors (Lipinski definition) is 4. The molecule has 0 unspecified atom stereocenters. The minimum Gasteiger partial charge on any atom is -0.454 e. The van der Waals surface area contributed by atoms with Crippen molar-refractivity contribution in [2.45, 2.75) is 20.3 Å². The molecule has 0 fully saturated rings. The number of aryl methyl sites for hydroxylation is 1. The Morgan fingerprint density at radius 3 is 2.70 bits per heavy atom. The summed E-state index contributed by atoms with van der Waals surface area (Å²) in [5.74, 6) is 2.46. The molecule has 0 atom stereocenters. The standard InChI is InChI=1S/C16H17N3O/c1-4-14-18-15(10(2)16(17-3)19-14)13-9-11-7-5-6-8-12(11)20-13/h5-9H,4H2,1-3H3,(H,17,18,19). The molecule has 1 aromatic carbocycles. The molecule has 0 aliphatic heterocycles. The van der Waals surface area contributed by atoms with E-state index in [4.69, 9.17) is 4.42 Å². The number of para-hydroxylation sites is 1. The molecule has 0 spiro atoms. The first-order valence-corrected chi connectivity index (χ1v) is 6.77. The number of aromatic nitrogens is 2. The summed E-state index contributed by atoms with van der Waals surface area (Å²) in [6.45, 7) is 4.06. The highest BCUT2D eigenvalue weighted by Crippen LogP contribution is 2.30. The van der Waals surface area contributed by atoms with Gasteiger partial charge in [-0.3, -0.25) is 0 Å². The molecule has 3 aromatic rings. The van der Waals surface area contributed by atoms with Crippen molar-refractivity contribution in [3.05, 3.63) is 41.7 Å². The quantitative estimate of drug-likeness (QED) is 0.784. The Morgan fingerprint density at radius 1 is 1.20 bits per heavy atom. The first-order valence-electron chi connectivity index (χ1n) is 6.77. The Hall–Kier alpha value is -2.36. The van der Waals surface area contributed by atoms with Crippen LogP contribution in [0.4, 0.5) is 5.82 Å². The van der Waals surface area contributed by atoms with Crippen LogP contribution in [0.2, 0.25) is 0 Å². The third-order valence-corrected chi connectivity index (χ3v) is 3.40. The van der Waals surface area contributed by atoms with Gasteiger partial charge in [0.25, 0.3) is 0 Å². The number of nitrogens with zero attached hydrogens (tertiary/aromatic N) is 2. The largest absolute Gasteiger partial charge is 0.454 e. The lowest BCUT2D eigenvalue weighted by atomic mass is 10.1. The Morgan fingerprint density at radius 2 is 2.00 bits per heavy atom. The fourth-order valence-corrected chi connectivity index (χ4v) is 2.30. The van der Waals surface area contributed by atoms with Crippen LogP contribution in [-0.4, -0.2) is 17.0 Å². The molecule has 4 nitrogen and oxygen atoms in total. The zero-order chi connectivity index (χ0) is 14.1. The van der Waals surface area contributed by atoms with Crippen molar-refractivity contribution in [1.82, 2.24) is 9.97 Å². The Balaban J connectivity index is 2.22. The van der Waals surface area contributed by atoms with Gasteiger partial charge in [-0.05, 0) is 19.1 Å². The molecule has 0 saturated carbocycles. The van der Waals surface area contributed by atoms with Gasteiger partial charge in [0.1, 0.15) is 22.9 Å². The van der Waals surface area contributed by atoms with E-state index in [1.165, 1.54) is 0 Å². The van der Waals surface area contributed by atoms with Gasteiger partial charge in [-0.15, -0.1) is 0 Å². The summed E-state index contributed by atoms with van der Waals surface area (Å²) in [6.07, 6.45) is 0.794. The number of hydrogen-bond donors (Lipinski definition) is 1. The van der Waals surface area contributed by atoms with E-state index in [1.54, 1.807) is 0 Å². The van der Waals surface area contributed by atoms with Gasteiger partial charge in [0, 0.05) is 24.4 Å². The van der Waals surface area contributed by atoms with Crippen molar-refractivity contribution >= 4 is 16.8 Å². The summed E-state index contributed by atoms with van der Waals surface area (Å²) in [4.78, 5) is 9.11. The molecule has 1 N–H and O–H groups in total. The summed E-state index contributed by atoms with van der Waals surface area (Å²) in [5.41, 5.74) is 2.74. The fraction of sp³-hybridized carbons (Fsp3) is 0.250. The van der Waals surface area contributed by atoms with E-state index in [1.807, 2.05) is 51.2 Å². The maximum atomic E-state index is 5.92. The van der Waals surface area contributed by atoms with Crippen LogP contribution in [0.1, 0.15) is 18.3 Å². The van der Waals surface area contributed by atoms with Gasteiger partial charge in [0.05, 0.1) is 0 Å². The molecule has 0 amide bonds. The topological polar surface area (TPSA) is 51.0 Å². The fourth-order valence-electron chi connectivity index (χ4n) is 2.30. The Kier molecular flexibility index (Phi) is 3.14. The smallest absolute Gasteiger partial charge is 0.154 e. The third kappa shape index (κ3) is 2.03. The highest BCUT2D eigenvalue weighted by Gasteiger charge is 2.14. The number of rotatable bonds is 3. The van der Waals surface area contributed by atoms with Gasteiger partial charge in [-0.2, -0.15) is 0 Å². The molecule has 0 saturated heterocycles. The van der Waals surface area contributed by atoms with Crippen molar-refractivity contribution in [1.29, 1.82) is 0 Å². The average Bonchev–Trinajstić information content (AvgIpc) is 2.91. The summed E-state index contributed by atoms with van der Waals surface area (Å²) in [7, 11) is 1.87. The first-order chi connectivity index (χ1) is 9.72. The minimum atomic E-state index is 0.789. The molecular weight excluding hydrogens is 250 g/mol. The van der Waals surface area contributed by atoms with Gasteiger partial charge in [-0.1, -0.05) is 25.1 Å². The van der Waals surface area contributed by atoms with Crippen LogP contribution < -0.4 is 5.32 Å². The summed E-state index contributed by atoms with van der Waals surface area (Å²) < 4.78 is 5.92. The van der Waals surface area contributed by atoms with E-state index in [2.05, 4.69) is 15.3 Å². The molecule has 2 heterocycles. The van der Waals surface area contributed by atoms with Crippen molar-refractivity contribution in [2.24, 2.45) is 0 Å². The highest BCUT2D eigenvalue weighted by atomic mass is 16.3. The molecule has 4 heteroatoms. The van der Waals surface area contributed by atoms with Crippen molar-refractivity contribution in [3.63, 3.8) is 0 Å². The predicted octanol–water partition coefficient (Wildman–Crippen LogP) is 3.80. The lowest BCUT2D eigenvalue weighted by Crippen LogP contribution is -2.04. The summed E-state index contributed by atoms with van der Waals surface area (Å²) in [5, 5.41) is 4.21. The minimum absolute atomic E-state index is 0.789. The average molecular weight is 267 g/mol. The summed E-state index contributed by atoms with van der Waals surface area (Å²) >= 11 is 0. The van der Waals surface area contributed by atoms with Crippen molar-refractivity contribution < 1.29 is 4.42 Å². The Labute approximate surface area is 117 Å². The number of benzene rings is 1. The van der Waals surface area contributed by atoms with Gasteiger partial charge in [0.15, 0.2) is 5.76 Å². The predicted molar refractivity (Wildman–Crippen MR) is 80.9 cm³/mol. The normalized spacial score (nSPS) is 10.9. The SMILES string of the molecule is CCc1nc(NC)c(C)c(-c2cc3ccccc3o2)n1. The zero-order valence-electron chi connectivity index (χ0n) is 11.9. The number of anilines is 1. The van der Waals surface area contributed by atoms with Gasteiger partial charge >= 0.3 is 0 Å². The van der Waals surface area contributed by atoms with Crippen molar-refractivity contribution in [3.8, 4) is 11.5 Å². The van der Waals surface area contributed by atoms with Crippen LogP contribution >= 0.6 is 0 Å². The van der Waals surface area contributed by atoms with Crippen LogP contribution in [0.3, 0.4) is 0 Å². The summed E-state index contributed by atoms with van der Waals surface area (Å²) in [6, 6.07) is 10.0. The van der Waals surface area contributed by atoms with Gasteiger partial charge in [-0.25, -0.2) is 9.97 Å². The lowest BCUT2D eigenvalue weighted by molar-refractivity contribution is 0.627. The van der Waals surface area contributed by atoms with Gasteiger partial charge in [0.2, 0.25) is 0 Å². The Bertz CT molecular complexity index is 729. The highest BCUT2D eigenvalue weighted by molar-refractivity contribution is 5.83. The first kappa shape index (κ1) is 12.7. The van der Waals surface area contributed by atoms with Crippen LogP contribution in [0.5, 0.6) is 0 Å². The molecule has 102 valence electrons. The van der Waals surface area contributed by atoms with E-state index < -0.39 is 0 Å². The monoisotopic (exact) mass is 267 g/mol. The van der Waals surface area contributed by atoms with Gasteiger partial charge < -0.3 is 9.73 Å². The second-order valence-corrected chi connectivity index (χ2v) is 4.71. The number of fused-ring (bicyclic) bond motifs is 1. The van der Waals surface area contributed by atoms with Crippen LogP contribution in [0, 0.1) is 6.92 Å². The number of furan rings is 1. The van der Waals surface area contributed by atoms with Crippen LogP contribution in [-0.2, 0) is 6.42 Å². The van der Waals surface area contributed by atoms with E-state index in [0.29, 0.717) is 0 Å². The van der Waals surface area contributed by atoms with Crippen LogP contribution in [0.25, 0.3) is 22.4 Å². The maximum Gasteiger partial charge on any atom is 0.154 e. The zero-order valence-corrected chi connectivity index (χ0v) is 11.9. The molecule has 0 bridgehead atoms.